The third kappa shape index (κ3) is 4.49. The van der Waals surface area contributed by atoms with E-state index in [0.717, 1.165) is 12.0 Å². The summed E-state index contributed by atoms with van der Waals surface area (Å²) in [5, 5.41) is 3.02. The van der Waals surface area contributed by atoms with Gasteiger partial charge in [-0.25, -0.2) is 4.39 Å². The van der Waals surface area contributed by atoms with Gasteiger partial charge in [-0.3, -0.25) is 9.59 Å². The van der Waals surface area contributed by atoms with Crippen molar-refractivity contribution in [1.82, 2.24) is 5.32 Å². The molecule has 3 N–H and O–H groups in total. The fourth-order valence-corrected chi connectivity index (χ4v) is 3.11. The van der Waals surface area contributed by atoms with Gasteiger partial charge in [0, 0.05) is 17.5 Å². The molecule has 0 bridgehead atoms. The first-order chi connectivity index (χ1) is 12.9. The minimum Gasteiger partial charge on any atom is -0.493 e. The zero-order valence-electron chi connectivity index (χ0n) is 14.5. The molecule has 1 saturated carbocycles. The minimum atomic E-state index is -0.660. The van der Waals surface area contributed by atoms with Crippen LogP contribution in [0.5, 0.6) is 11.5 Å². The topological polar surface area (TPSA) is 90.7 Å². The van der Waals surface area contributed by atoms with Crippen LogP contribution in [0, 0.1) is 5.82 Å². The lowest BCUT2D eigenvalue weighted by Crippen LogP contribution is -2.26. The Morgan fingerprint density at radius 2 is 2.11 bits per heavy atom. The van der Waals surface area contributed by atoms with Crippen LogP contribution in [0.4, 0.5) is 4.39 Å². The van der Waals surface area contributed by atoms with Gasteiger partial charge in [-0.2, -0.15) is 0 Å². The summed E-state index contributed by atoms with van der Waals surface area (Å²) in [6, 6.07) is 9.17. The molecule has 8 heteroatoms. The van der Waals surface area contributed by atoms with Crippen LogP contribution in [0.3, 0.4) is 0 Å². The van der Waals surface area contributed by atoms with E-state index in [-0.39, 0.29) is 52.4 Å². The van der Waals surface area contributed by atoms with Gasteiger partial charge in [-0.15, -0.1) is 0 Å². The van der Waals surface area contributed by atoms with Gasteiger partial charge >= 0.3 is 0 Å². The van der Waals surface area contributed by atoms with E-state index in [1.807, 2.05) is 6.07 Å². The molecule has 0 heterocycles. The Morgan fingerprint density at radius 1 is 1.33 bits per heavy atom. The third-order valence-electron chi connectivity index (χ3n) is 4.23. The van der Waals surface area contributed by atoms with Crippen LogP contribution in [0.25, 0.3) is 0 Å². The molecule has 6 nitrogen and oxygen atoms in total. The molecule has 0 aromatic heterocycles. The number of carbonyl (C=O) groups excluding carboxylic acids is 2. The number of carbonyl (C=O) groups is 2. The maximum absolute atomic E-state index is 13.3. The molecule has 2 atom stereocenters. The average molecular weight is 393 g/mol. The van der Waals surface area contributed by atoms with Gasteiger partial charge in [-0.05, 0) is 36.2 Å². The van der Waals surface area contributed by atoms with E-state index in [0.29, 0.717) is 0 Å². The van der Waals surface area contributed by atoms with E-state index in [9.17, 15) is 14.0 Å². The molecule has 2 amide bonds. The predicted octanol–water partition coefficient (Wildman–Crippen LogP) is 2.64. The zero-order chi connectivity index (χ0) is 19.6. The monoisotopic (exact) mass is 392 g/mol. The Hall–Kier alpha value is -2.80. The maximum Gasteiger partial charge on any atom is 0.255 e. The summed E-state index contributed by atoms with van der Waals surface area (Å²) in [5.41, 5.74) is 6.19. The molecule has 0 saturated heterocycles. The van der Waals surface area contributed by atoms with Crippen molar-refractivity contribution in [3.05, 3.63) is 58.4 Å². The molecule has 1 aliphatic rings. The molecule has 2 unspecified atom stereocenters. The van der Waals surface area contributed by atoms with Gasteiger partial charge in [0.25, 0.3) is 11.8 Å². The summed E-state index contributed by atoms with van der Waals surface area (Å²) < 4.78 is 23.8. The number of benzene rings is 2. The molecular formula is C19H18ClFN2O4. The first-order valence-corrected chi connectivity index (χ1v) is 8.61. The van der Waals surface area contributed by atoms with E-state index < -0.39 is 5.91 Å². The first-order valence-electron chi connectivity index (χ1n) is 8.24. The second-order valence-electron chi connectivity index (χ2n) is 6.22. The fourth-order valence-electron chi connectivity index (χ4n) is 2.85. The Morgan fingerprint density at radius 3 is 2.78 bits per heavy atom. The van der Waals surface area contributed by atoms with Gasteiger partial charge < -0.3 is 20.5 Å². The molecule has 1 fully saturated rings. The van der Waals surface area contributed by atoms with Crippen molar-refractivity contribution in [2.24, 2.45) is 5.73 Å². The van der Waals surface area contributed by atoms with E-state index in [1.54, 1.807) is 6.07 Å². The minimum absolute atomic E-state index is 0.0742. The third-order valence-corrected chi connectivity index (χ3v) is 4.51. The summed E-state index contributed by atoms with van der Waals surface area (Å²) >= 11 is 6.16. The molecule has 27 heavy (non-hydrogen) atoms. The largest absolute Gasteiger partial charge is 0.493 e. The molecule has 142 valence electrons. The lowest BCUT2D eigenvalue weighted by Gasteiger charge is -2.13. The lowest BCUT2D eigenvalue weighted by atomic mass is 10.1. The van der Waals surface area contributed by atoms with Crippen LogP contribution < -0.4 is 20.5 Å². The summed E-state index contributed by atoms with van der Waals surface area (Å²) in [7, 11) is 1.39. The van der Waals surface area contributed by atoms with Crippen LogP contribution in [0.15, 0.2) is 36.4 Å². The Kier molecular flexibility index (Phi) is 5.51. The molecule has 1 aliphatic carbocycles. The lowest BCUT2D eigenvalue weighted by molar-refractivity contribution is -0.119. The van der Waals surface area contributed by atoms with Gasteiger partial charge in [0.1, 0.15) is 5.82 Å². The molecular weight excluding hydrogens is 375 g/mol. The standard InChI is InChI=1S/C19H18ClFN2O4/c1-26-16-7-11(6-14(20)18(16)27-9-17(22)24)19(25)23-15-8-13(15)10-3-2-4-12(21)5-10/h2-7,13,15H,8-9H2,1H3,(H2,22,24)(H,23,25). The highest BCUT2D eigenvalue weighted by molar-refractivity contribution is 6.32. The van der Waals surface area contributed by atoms with Crippen molar-refractivity contribution in [3.63, 3.8) is 0 Å². The van der Waals surface area contributed by atoms with E-state index in [1.165, 1.54) is 31.4 Å². The van der Waals surface area contributed by atoms with Crippen molar-refractivity contribution in [3.8, 4) is 11.5 Å². The Bertz CT molecular complexity index is 890. The average Bonchev–Trinajstić information content (AvgIpc) is 3.39. The number of rotatable bonds is 7. The van der Waals surface area contributed by atoms with Crippen molar-refractivity contribution in [2.75, 3.05) is 13.7 Å². The summed E-state index contributed by atoms with van der Waals surface area (Å²) in [6.45, 7) is -0.362. The smallest absolute Gasteiger partial charge is 0.255 e. The second-order valence-corrected chi connectivity index (χ2v) is 6.63. The van der Waals surface area contributed by atoms with Crippen LogP contribution in [-0.4, -0.2) is 31.6 Å². The normalized spacial score (nSPS) is 17.9. The highest BCUT2D eigenvalue weighted by Gasteiger charge is 2.39. The van der Waals surface area contributed by atoms with Gasteiger partial charge in [0.15, 0.2) is 18.1 Å². The summed E-state index contributed by atoms with van der Waals surface area (Å²) in [5.74, 6) is -0.856. The maximum atomic E-state index is 13.3. The van der Waals surface area contributed by atoms with Crippen molar-refractivity contribution in [1.29, 1.82) is 0 Å². The number of primary amides is 1. The van der Waals surface area contributed by atoms with E-state index in [4.69, 9.17) is 26.8 Å². The number of nitrogens with one attached hydrogen (secondary N) is 1. The number of amides is 2. The zero-order valence-corrected chi connectivity index (χ0v) is 15.3. The van der Waals surface area contributed by atoms with Crippen LogP contribution >= 0.6 is 11.6 Å². The summed E-state index contributed by atoms with van der Waals surface area (Å²) in [6.07, 6.45) is 0.736. The van der Waals surface area contributed by atoms with E-state index >= 15 is 0 Å². The molecule has 0 radical (unpaired) electrons. The number of ether oxygens (including phenoxy) is 2. The van der Waals surface area contributed by atoms with E-state index in [2.05, 4.69) is 5.32 Å². The van der Waals surface area contributed by atoms with Gasteiger partial charge in [0.2, 0.25) is 0 Å². The Labute approximate surface area is 160 Å². The number of hydrogen-bond donors (Lipinski definition) is 2. The van der Waals surface area contributed by atoms with Crippen molar-refractivity contribution < 1.29 is 23.5 Å². The van der Waals surface area contributed by atoms with Gasteiger partial charge in [-0.1, -0.05) is 23.7 Å². The predicted molar refractivity (Wildman–Crippen MR) is 97.7 cm³/mol. The number of hydrogen-bond acceptors (Lipinski definition) is 4. The second kappa shape index (κ2) is 7.84. The molecule has 3 rings (SSSR count). The highest BCUT2D eigenvalue weighted by atomic mass is 35.5. The quantitative estimate of drug-likeness (QED) is 0.757. The SMILES string of the molecule is COc1cc(C(=O)NC2CC2c2cccc(F)c2)cc(Cl)c1OCC(N)=O. The molecule has 0 aliphatic heterocycles. The van der Waals surface area contributed by atoms with Crippen molar-refractivity contribution >= 4 is 23.4 Å². The number of methoxy groups -OCH3 is 1. The molecule has 0 spiro atoms. The fraction of sp³-hybridized carbons (Fsp3) is 0.263. The molecule has 2 aromatic rings. The summed E-state index contributed by atoms with van der Waals surface area (Å²) in [4.78, 5) is 23.4. The number of nitrogens with two attached hydrogens (primary N) is 1. The highest BCUT2D eigenvalue weighted by Crippen LogP contribution is 2.41. The Balaban J connectivity index is 1.70. The van der Waals surface area contributed by atoms with Crippen LogP contribution in [0.2, 0.25) is 5.02 Å². The van der Waals surface area contributed by atoms with Crippen LogP contribution in [0.1, 0.15) is 28.3 Å². The van der Waals surface area contributed by atoms with Gasteiger partial charge in [0.05, 0.1) is 12.1 Å². The number of halogens is 2. The molecule has 2 aromatic carbocycles. The first kappa shape index (κ1) is 19.0. The van der Waals surface area contributed by atoms with Crippen molar-refractivity contribution in [2.45, 2.75) is 18.4 Å². The van der Waals surface area contributed by atoms with Crippen LogP contribution in [-0.2, 0) is 4.79 Å².